The topological polar surface area (TPSA) is 58.4 Å². The van der Waals surface area contributed by atoms with E-state index in [1.165, 1.54) is 5.56 Å². The Morgan fingerprint density at radius 2 is 1.73 bits per heavy atom. The van der Waals surface area contributed by atoms with Gasteiger partial charge in [0.2, 0.25) is 15.0 Å². The second kappa shape index (κ2) is 10.9. The van der Waals surface area contributed by atoms with Gasteiger partial charge >= 0.3 is 0 Å². The highest BCUT2D eigenvalue weighted by Gasteiger charge is 2.23. The number of aromatic nitrogens is 2. The molecule has 1 aromatic carbocycles. The predicted octanol–water partition coefficient (Wildman–Crippen LogP) is 3.31. The number of piperazine rings is 1. The van der Waals surface area contributed by atoms with E-state index in [1.807, 2.05) is 10.6 Å². The van der Waals surface area contributed by atoms with Crippen LogP contribution in [0.15, 0.2) is 47.8 Å². The van der Waals surface area contributed by atoms with Crippen molar-refractivity contribution in [2.45, 2.75) is 44.9 Å². The third-order valence-electron chi connectivity index (χ3n) is 5.62. The van der Waals surface area contributed by atoms with Crippen LogP contribution in [0, 0.1) is 0 Å². The molecular weight excluding hydrogens is 396 g/mol. The number of hydrogen-bond acceptors (Lipinski definition) is 5. The molecule has 6 nitrogen and oxygen atoms in total. The molecule has 0 amide bonds. The quantitative estimate of drug-likeness (QED) is 0.579. The van der Waals surface area contributed by atoms with E-state index in [4.69, 9.17) is 0 Å². The van der Waals surface area contributed by atoms with Gasteiger partial charge in [-0.2, -0.15) is 0 Å². The van der Waals surface area contributed by atoms with Gasteiger partial charge in [0.15, 0.2) is 0 Å². The number of unbranched alkanes of at least 4 members (excludes halogenated alkanes) is 1. The Morgan fingerprint density at radius 1 is 1.03 bits per heavy atom. The third-order valence-corrected chi connectivity index (χ3v) is 7.26. The fourth-order valence-corrected chi connectivity index (χ4v) is 4.73. The van der Waals surface area contributed by atoms with Crippen LogP contribution in [-0.2, 0) is 22.9 Å². The minimum atomic E-state index is -3.30. The van der Waals surface area contributed by atoms with Gasteiger partial charge in [0.05, 0.1) is 17.6 Å². The van der Waals surface area contributed by atoms with Crippen LogP contribution in [0.1, 0.15) is 37.9 Å². The van der Waals surface area contributed by atoms with Crippen molar-refractivity contribution in [1.29, 1.82) is 0 Å². The van der Waals surface area contributed by atoms with E-state index in [0.29, 0.717) is 6.54 Å². The van der Waals surface area contributed by atoms with E-state index in [-0.39, 0.29) is 10.9 Å². The summed E-state index contributed by atoms with van der Waals surface area (Å²) in [4.78, 5) is 9.15. The summed E-state index contributed by atoms with van der Waals surface area (Å²) in [5.41, 5.74) is 2.24. The summed E-state index contributed by atoms with van der Waals surface area (Å²) in [6.07, 6.45) is 8.14. The lowest BCUT2D eigenvalue weighted by Gasteiger charge is -2.34. The third kappa shape index (κ3) is 6.03. The van der Waals surface area contributed by atoms with Gasteiger partial charge in [0.1, 0.15) is 0 Å². The minimum absolute atomic E-state index is 0.0880. The van der Waals surface area contributed by atoms with Crippen LogP contribution in [0.4, 0.5) is 0 Å². The molecular formula is C23H34N4O2S. The van der Waals surface area contributed by atoms with E-state index in [1.54, 1.807) is 13.1 Å². The first kappa shape index (κ1) is 22.7. The Hall–Kier alpha value is -1.96. The predicted molar refractivity (Wildman–Crippen MR) is 122 cm³/mol. The highest BCUT2D eigenvalue weighted by atomic mass is 32.2. The van der Waals surface area contributed by atoms with E-state index in [9.17, 15) is 8.42 Å². The first-order chi connectivity index (χ1) is 14.5. The van der Waals surface area contributed by atoms with Crippen LogP contribution in [0.3, 0.4) is 0 Å². The van der Waals surface area contributed by atoms with Crippen molar-refractivity contribution >= 4 is 15.9 Å². The molecule has 0 saturated carbocycles. The van der Waals surface area contributed by atoms with Crippen molar-refractivity contribution < 1.29 is 8.42 Å². The molecule has 2 aromatic rings. The normalized spacial score (nSPS) is 16.5. The number of nitrogens with zero attached hydrogens (tertiary/aromatic N) is 4. The average Bonchev–Trinajstić information content (AvgIpc) is 3.17. The Bertz CT molecular complexity index is 914. The molecule has 30 heavy (non-hydrogen) atoms. The van der Waals surface area contributed by atoms with Crippen LogP contribution in [0.25, 0.3) is 6.08 Å². The summed E-state index contributed by atoms with van der Waals surface area (Å²) in [5.74, 6) is 0.0880. The fourth-order valence-electron chi connectivity index (χ4n) is 3.71. The van der Waals surface area contributed by atoms with Gasteiger partial charge in [-0.15, -0.1) is 0 Å². The van der Waals surface area contributed by atoms with Crippen LogP contribution in [0.5, 0.6) is 0 Å². The van der Waals surface area contributed by atoms with Crippen LogP contribution >= 0.6 is 0 Å². The van der Waals surface area contributed by atoms with Crippen molar-refractivity contribution in [2.24, 2.45) is 0 Å². The largest absolute Gasteiger partial charge is 0.318 e. The molecule has 1 aliphatic heterocycles. The maximum Gasteiger partial charge on any atom is 0.227 e. The first-order valence-electron chi connectivity index (χ1n) is 11.0. The Kier molecular flexibility index (Phi) is 8.24. The summed E-state index contributed by atoms with van der Waals surface area (Å²) in [6, 6.07) is 10.4. The molecule has 1 aliphatic rings. The van der Waals surface area contributed by atoms with Gasteiger partial charge in [0.25, 0.3) is 0 Å². The number of hydrogen-bond donors (Lipinski definition) is 0. The number of sulfone groups is 1. The molecule has 2 heterocycles. The lowest BCUT2D eigenvalue weighted by molar-refractivity contribution is 0.134. The molecule has 1 aromatic heterocycles. The Morgan fingerprint density at radius 3 is 2.40 bits per heavy atom. The molecule has 0 aliphatic carbocycles. The van der Waals surface area contributed by atoms with E-state index in [0.717, 1.165) is 57.8 Å². The lowest BCUT2D eigenvalue weighted by atomic mass is 10.2. The summed E-state index contributed by atoms with van der Waals surface area (Å²) in [5, 5.41) is 0.234. The zero-order valence-electron chi connectivity index (χ0n) is 18.2. The molecule has 1 fully saturated rings. The Balaban J connectivity index is 1.56. The zero-order valence-corrected chi connectivity index (χ0v) is 19.0. The molecule has 0 N–H and O–H groups in total. The van der Waals surface area contributed by atoms with Gasteiger partial charge in [-0.05, 0) is 12.0 Å². The van der Waals surface area contributed by atoms with Gasteiger partial charge < -0.3 is 4.57 Å². The highest BCUT2D eigenvalue weighted by Crippen LogP contribution is 2.17. The molecule has 7 heteroatoms. The smallest absolute Gasteiger partial charge is 0.227 e. The first-order valence-corrected chi connectivity index (χ1v) is 12.6. The lowest BCUT2D eigenvalue weighted by Crippen LogP contribution is -2.46. The molecule has 0 bridgehead atoms. The van der Waals surface area contributed by atoms with E-state index >= 15 is 0 Å². The molecule has 0 spiro atoms. The fraction of sp³-hybridized carbons (Fsp3) is 0.522. The molecule has 3 rings (SSSR count). The summed E-state index contributed by atoms with van der Waals surface area (Å²) < 4.78 is 26.8. The van der Waals surface area contributed by atoms with E-state index in [2.05, 4.69) is 58.1 Å². The van der Waals surface area contributed by atoms with Crippen molar-refractivity contribution in [3.63, 3.8) is 0 Å². The standard InChI is InChI=1S/C23H34N4O2S/c1-3-5-14-27-22(19-24-23(27)30(28,29)4-2)20-26-17-15-25(16-18-26)13-9-12-21-10-7-6-8-11-21/h6-12,19H,3-5,13-18,20H2,1-2H3/b12-9+. The molecule has 0 atom stereocenters. The van der Waals surface area contributed by atoms with Crippen LogP contribution in [0.2, 0.25) is 0 Å². The van der Waals surface area contributed by atoms with E-state index < -0.39 is 9.84 Å². The second-order valence-electron chi connectivity index (χ2n) is 7.83. The van der Waals surface area contributed by atoms with Gasteiger partial charge in [-0.1, -0.05) is 62.8 Å². The summed E-state index contributed by atoms with van der Waals surface area (Å²) in [6.45, 7) is 10.2. The highest BCUT2D eigenvalue weighted by molar-refractivity contribution is 7.91. The maximum atomic E-state index is 12.4. The molecule has 164 valence electrons. The van der Waals surface area contributed by atoms with Gasteiger partial charge in [0, 0.05) is 45.8 Å². The SMILES string of the molecule is CCCCn1c(CN2CCN(C/C=C/c3ccccc3)CC2)cnc1S(=O)(=O)CC. The molecule has 1 saturated heterocycles. The molecule has 0 radical (unpaired) electrons. The van der Waals surface area contributed by atoms with Crippen molar-refractivity contribution in [3.05, 3.63) is 53.9 Å². The van der Waals surface area contributed by atoms with Crippen LogP contribution in [-0.4, -0.2) is 66.2 Å². The van der Waals surface area contributed by atoms with Crippen molar-refractivity contribution in [1.82, 2.24) is 19.4 Å². The number of benzene rings is 1. The van der Waals surface area contributed by atoms with Crippen molar-refractivity contribution in [3.8, 4) is 0 Å². The summed E-state index contributed by atoms with van der Waals surface area (Å²) >= 11 is 0. The van der Waals surface area contributed by atoms with Gasteiger partial charge in [-0.25, -0.2) is 13.4 Å². The number of imidazole rings is 1. The Labute approximate surface area is 181 Å². The number of rotatable bonds is 10. The minimum Gasteiger partial charge on any atom is -0.318 e. The average molecular weight is 431 g/mol. The zero-order chi connectivity index (χ0) is 21.4. The maximum absolute atomic E-state index is 12.4. The van der Waals surface area contributed by atoms with Crippen molar-refractivity contribution in [2.75, 3.05) is 38.5 Å². The van der Waals surface area contributed by atoms with Gasteiger partial charge in [-0.3, -0.25) is 9.80 Å². The monoisotopic (exact) mass is 430 g/mol. The van der Waals surface area contributed by atoms with Crippen LogP contribution < -0.4 is 0 Å². The summed E-state index contributed by atoms with van der Waals surface area (Å²) in [7, 11) is -3.30. The second-order valence-corrected chi connectivity index (χ2v) is 10.0. The molecule has 0 unspecified atom stereocenters.